The highest BCUT2D eigenvalue weighted by molar-refractivity contribution is 5.95. The van der Waals surface area contributed by atoms with Gasteiger partial charge in [-0.3, -0.25) is 16.1 Å². The first-order valence-corrected chi connectivity index (χ1v) is 4.13. The van der Waals surface area contributed by atoms with E-state index >= 15 is 0 Å². The van der Waals surface area contributed by atoms with Gasteiger partial charge in [0.25, 0.3) is 5.89 Å². The van der Waals surface area contributed by atoms with E-state index in [0.29, 0.717) is 11.1 Å². The SMILES string of the molecule is NNCC(=O)c1nc2ccccc2o1. The van der Waals surface area contributed by atoms with Crippen LogP contribution in [0.5, 0.6) is 0 Å². The fraction of sp³-hybridized carbons (Fsp3) is 0.111. The lowest BCUT2D eigenvalue weighted by Gasteiger charge is -1.91. The van der Waals surface area contributed by atoms with Gasteiger partial charge in [-0.2, -0.15) is 0 Å². The van der Waals surface area contributed by atoms with Gasteiger partial charge >= 0.3 is 0 Å². The standard InChI is InChI=1S/C9H9N3O2/c10-11-5-7(13)9-12-6-3-1-2-4-8(6)14-9/h1-4,11H,5,10H2. The molecule has 1 aromatic heterocycles. The zero-order chi connectivity index (χ0) is 9.97. The van der Waals surface area contributed by atoms with Crippen molar-refractivity contribution in [3.05, 3.63) is 30.2 Å². The number of benzene rings is 1. The number of oxazole rings is 1. The van der Waals surface area contributed by atoms with Crippen LogP contribution in [0.1, 0.15) is 10.7 Å². The third-order valence-electron chi connectivity index (χ3n) is 1.80. The molecular weight excluding hydrogens is 182 g/mol. The second-order valence-electron chi connectivity index (χ2n) is 2.79. The Bertz CT molecular complexity index is 431. The summed E-state index contributed by atoms with van der Waals surface area (Å²) < 4.78 is 5.23. The van der Waals surface area contributed by atoms with Crippen molar-refractivity contribution in [3.8, 4) is 0 Å². The van der Waals surface area contributed by atoms with E-state index in [9.17, 15) is 4.79 Å². The maximum atomic E-state index is 11.3. The van der Waals surface area contributed by atoms with Gasteiger partial charge in [-0.05, 0) is 12.1 Å². The van der Waals surface area contributed by atoms with Gasteiger partial charge in [0.2, 0.25) is 5.78 Å². The number of nitrogens with zero attached hydrogens (tertiary/aromatic N) is 1. The van der Waals surface area contributed by atoms with E-state index in [0.717, 1.165) is 0 Å². The van der Waals surface area contributed by atoms with Crippen LogP contribution in [0.3, 0.4) is 0 Å². The molecule has 3 N–H and O–H groups in total. The van der Waals surface area contributed by atoms with E-state index < -0.39 is 0 Å². The molecule has 14 heavy (non-hydrogen) atoms. The van der Waals surface area contributed by atoms with Gasteiger partial charge in [0, 0.05) is 0 Å². The van der Waals surface area contributed by atoms with E-state index in [1.54, 1.807) is 12.1 Å². The van der Waals surface area contributed by atoms with Gasteiger partial charge in [0.1, 0.15) is 5.52 Å². The number of para-hydroxylation sites is 2. The summed E-state index contributed by atoms with van der Waals surface area (Å²) in [5.41, 5.74) is 3.54. The van der Waals surface area contributed by atoms with Gasteiger partial charge in [-0.25, -0.2) is 4.98 Å². The molecule has 0 aliphatic carbocycles. The summed E-state index contributed by atoms with van der Waals surface area (Å²) in [6.45, 7) is 0.0207. The highest BCUT2D eigenvalue weighted by atomic mass is 16.4. The Balaban J connectivity index is 2.40. The molecule has 0 aliphatic heterocycles. The summed E-state index contributed by atoms with van der Waals surface area (Å²) in [5.74, 6) is 4.85. The summed E-state index contributed by atoms with van der Waals surface area (Å²) >= 11 is 0. The van der Waals surface area contributed by atoms with Crippen LogP contribution < -0.4 is 11.3 Å². The monoisotopic (exact) mass is 191 g/mol. The largest absolute Gasteiger partial charge is 0.434 e. The van der Waals surface area contributed by atoms with Crippen LogP contribution in [-0.4, -0.2) is 17.3 Å². The highest BCUT2D eigenvalue weighted by Crippen LogP contribution is 2.14. The zero-order valence-corrected chi connectivity index (χ0v) is 7.36. The topological polar surface area (TPSA) is 81.1 Å². The van der Waals surface area contributed by atoms with E-state index in [4.69, 9.17) is 10.3 Å². The lowest BCUT2D eigenvalue weighted by Crippen LogP contribution is -2.29. The Labute approximate surface area is 79.9 Å². The third-order valence-corrected chi connectivity index (χ3v) is 1.80. The molecule has 5 nitrogen and oxygen atoms in total. The molecule has 0 amide bonds. The molecule has 0 spiro atoms. The molecule has 0 aliphatic rings. The summed E-state index contributed by atoms with van der Waals surface area (Å²) in [7, 11) is 0. The van der Waals surface area contributed by atoms with Crippen molar-refractivity contribution in [3.63, 3.8) is 0 Å². The van der Waals surface area contributed by atoms with E-state index in [-0.39, 0.29) is 18.2 Å². The van der Waals surface area contributed by atoms with E-state index in [1.165, 1.54) is 0 Å². The Kier molecular flexibility index (Phi) is 2.26. The number of carbonyl (C=O) groups is 1. The molecule has 72 valence electrons. The predicted octanol–water partition coefficient (Wildman–Crippen LogP) is 0.474. The lowest BCUT2D eigenvalue weighted by atomic mass is 10.3. The Morgan fingerprint density at radius 2 is 2.29 bits per heavy atom. The van der Waals surface area contributed by atoms with Crippen LogP contribution in [0.15, 0.2) is 28.7 Å². The first-order valence-electron chi connectivity index (χ1n) is 4.13. The van der Waals surface area contributed by atoms with Crippen molar-refractivity contribution in [2.24, 2.45) is 5.84 Å². The zero-order valence-electron chi connectivity index (χ0n) is 7.36. The van der Waals surface area contributed by atoms with Crippen molar-refractivity contribution in [2.75, 3.05) is 6.54 Å². The van der Waals surface area contributed by atoms with Gasteiger partial charge in [-0.1, -0.05) is 12.1 Å². The maximum Gasteiger partial charge on any atom is 0.265 e. The minimum atomic E-state index is -0.260. The van der Waals surface area contributed by atoms with Crippen LogP contribution in [0.25, 0.3) is 11.1 Å². The number of nitrogens with two attached hydrogens (primary N) is 1. The maximum absolute atomic E-state index is 11.3. The van der Waals surface area contributed by atoms with Crippen LogP contribution in [0.4, 0.5) is 0 Å². The normalized spacial score (nSPS) is 10.6. The van der Waals surface area contributed by atoms with Crippen molar-refractivity contribution in [1.29, 1.82) is 0 Å². The molecule has 0 saturated heterocycles. The Morgan fingerprint density at radius 3 is 3.00 bits per heavy atom. The molecule has 1 heterocycles. The number of hydrazine groups is 1. The molecule has 0 atom stereocenters. The Morgan fingerprint density at radius 1 is 1.50 bits per heavy atom. The summed E-state index contributed by atoms with van der Waals surface area (Å²) in [6, 6.07) is 7.20. The number of hydrogen-bond donors (Lipinski definition) is 2. The van der Waals surface area contributed by atoms with E-state index in [2.05, 4.69) is 10.4 Å². The highest BCUT2D eigenvalue weighted by Gasteiger charge is 2.12. The third kappa shape index (κ3) is 1.50. The lowest BCUT2D eigenvalue weighted by molar-refractivity contribution is 0.0960. The molecule has 0 saturated carbocycles. The van der Waals surface area contributed by atoms with E-state index in [1.807, 2.05) is 12.1 Å². The minimum absolute atomic E-state index is 0.0207. The second-order valence-corrected chi connectivity index (χ2v) is 2.79. The molecular formula is C9H9N3O2. The first-order chi connectivity index (χ1) is 6.81. The average Bonchev–Trinajstić information content (AvgIpc) is 2.61. The Hall–Kier alpha value is -1.72. The van der Waals surface area contributed by atoms with Gasteiger partial charge in [0.15, 0.2) is 5.58 Å². The summed E-state index contributed by atoms with van der Waals surface area (Å²) in [4.78, 5) is 15.3. The molecule has 1 aromatic carbocycles. The minimum Gasteiger partial charge on any atom is -0.434 e. The number of rotatable bonds is 3. The smallest absolute Gasteiger partial charge is 0.265 e. The average molecular weight is 191 g/mol. The van der Waals surface area contributed by atoms with Gasteiger partial charge in [0.05, 0.1) is 6.54 Å². The molecule has 0 unspecified atom stereocenters. The quantitative estimate of drug-likeness (QED) is 0.419. The summed E-state index contributed by atoms with van der Waals surface area (Å²) in [6.07, 6.45) is 0. The fourth-order valence-electron chi connectivity index (χ4n) is 1.16. The molecule has 5 heteroatoms. The molecule has 2 rings (SSSR count). The molecule has 2 aromatic rings. The number of fused-ring (bicyclic) bond motifs is 1. The molecule has 0 bridgehead atoms. The van der Waals surface area contributed by atoms with Crippen molar-refractivity contribution in [1.82, 2.24) is 10.4 Å². The predicted molar refractivity (Wildman–Crippen MR) is 50.5 cm³/mol. The number of Topliss-reactive ketones (excluding diaryl/α,β-unsaturated/α-hetero) is 1. The van der Waals surface area contributed by atoms with Crippen LogP contribution in [0.2, 0.25) is 0 Å². The number of carbonyl (C=O) groups excluding carboxylic acids is 1. The van der Waals surface area contributed by atoms with Crippen molar-refractivity contribution in [2.45, 2.75) is 0 Å². The van der Waals surface area contributed by atoms with Crippen molar-refractivity contribution >= 4 is 16.9 Å². The van der Waals surface area contributed by atoms with Crippen LogP contribution in [0, 0.1) is 0 Å². The molecule has 0 radical (unpaired) electrons. The number of hydrogen-bond acceptors (Lipinski definition) is 5. The number of aromatic nitrogens is 1. The molecule has 0 fully saturated rings. The summed E-state index contributed by atoms with van der Waals surface area (Å²) in [5, 5.41) is 0. The number of nitrogens with one attached hydrogen (secondary N) is 1. The van der Waals surface area contributed by atoms with Gasteiger partial charge < -0.3 is 4.42 Å². The number of ketones is 1. The first kappa shape index (κ1) is 8.86. The van der Waals surface area contributed by atoms with Crippen LogP contribution in [-0.2, 0) is 0 Å². The second kappa shape index (κ2) is 3.57. The van der Waals surface area contributed by atoms with Crippen molar-refractivity contribution < 1.29 is 9.21 Å². The van der Waals surface area contributed by atoms with Crippen LogP contribution >= 0.6 is 0 Å². The van der Waals surface area contributed by atoms with Gasteiger partial charge in [-0.15, -0.1) is 0 Å². The fourth-order valence-corrected chi connectivity index (χ4v) is 1.16.